The second-order valence-electron chi connectivity index (χ2n) is 5.43. The number of hydrogen-bond acceptors (Lipinski definition) is 6. The zero-order chi connectivity index (χ0) is 17.1. The summed E-state index contributed by atoms with van der Waals surface area (Å²) in [5.74, 6) is -0.894. The monoisotopic (exact) mass is 323 g/mol. The zero-order valence-corrected chi connectivity index (χ0v) is 13.2. The number of ketones is 1. The smallest absolute Gasteiger partial charge is 0.342 e. The summed E-state index contributed by atoms with van der Waals surface area (Å²) in [6.07, 6.45) is 4.81. The topological polar surface area (TPSA) is 94.3 Å². The summed E-state index contributed by atoms with van der Waals surface area (Å²) in [6, 6.07) is 7.32. The van der Waals surface area contributed by atoms with Gasteiger partial charge in [-0.2, -0.15) is 0 Å². The second-order valence-corrected chi connectivity index (χ2v) is 5.43. The van der Waals surface area contributed by atoms with Gasteiger partial charge in [0.25, 0.3) is 0 Å². The van der Waals surface area contributed by atoms with Crippen molar-refractivity contribution in [3.8, 4) is 0 Å². The lowest BCUT2D eigenvalue weighted by Crippen LogP contribution is -2.21. The largest absolute Gasteiger partial charge is 0.457 e. The summed E-state index contributed by atoms with van der Waals surface area (Å²) < 4.78 is 5.24. The molecule has 2 aromatic rings. The van der Waals surface area contributed by atoms with Crippen molar-refractivity contribution < 1.29 is 14.3 Å². The van der Waals surface area contributed by atoms with E-state index in [1.54, 1.807) is 25.4 Å². The van der Waals surface area contributed by atoms with E-state index in [0.717, 1.165) is 16.8 Å². The predicted molar refractivity (Wildman–Crippen MR) is 91.1 cm³/mol. The standard InChI is InChI=1S/C18H17N3O3/c1-20-16-4-2-3-11-7-14(17(22)8-13(11)16)18(23)24-10-12-5-6-21-9-15(12)19/h2-7,9,20H,8,10,19H2,1H3. The molecule has 0 atom stereocenters. The van der Waals surface area contributed by atoms with Gasteiger partial charge in [-0.25, -0.2) is 4.79 Å². The molecule has 1 aliphatic rings. The van der Waals surface area contributed by atoms with Crippen LogP contribution in [0.3, 0.4) is 0 Å². The Hall–Kier alpha value is -3.15. The molecule has 0 saturated carbocycles. The third-order valence-electron chi connectivity index (χ3n) is 3.94. The number of hydrogen-bond donors (Lipinski definition) is 2. The number of nitrogens with one attached hydrogen (secondary N) is 1. The maximum Gasteiger partial charge on any atom is 0.342 e. The first-order valence-electron chi connectivity index (χ1n) is 7.50. The van der Waals surface area contributed by atoms with E-state index in [1.165, 1.54) is 6.20 Å². The lowest BCUT2D eigenvalue weighted by molar-refractivity contribution is -0.141. The quantitative estimate of drug-likeness (QED) is 0.660. The van der Waals surface area contributed by atoms with Crippen LogP contribution in [0, 0.1) is 0 Å². The first-order chi connectivity index (χ1) is 11.6. The van der Waals surface area contributed by atoms with Gasteiger partial charge in [0.1, 0.15) is 12.2 Å². The van der Waals surface area contributed by atoms with Crippen molar-refractivity contribution in [2.45, 2.75) is 13.0 Å². The maximum atomic E-state index is 12.3. The van der Waals surface area contributed by atoms with Crippen LogP contribution in [0.2, 0.25) is 0 Å². The van der Waals surface area contributed by atoms with E-state index >= 15 is 0 Å². The molecule has 24 heavy (non-hydrogen) atoms. The number of carbonyl (C=O) groups excluding carboxylic acids is 2. The van der Waals surface area contributed by atoms with Crippen LogP contribution in [0.1, 0.15) is 16.7 Å². The number of pyridine rings is 1. The summed E-state index contributed by atoms with van der Waals surface area (Å²) in [6.45, 7) is 0.00121. The Kier molecular flexibility index (Phi) is 4.29. The molecule has 1 heterocycles. The van der Waals surface area contributed by atoms with Crippen molar-refractivity contribution in [1.82, 2.24) is 4.98 Å². The number of Topliss-reactive ketones (excluding diaryl/α,β-unsaturated/α-hetero) is 1. The van der Waals surface area contributed by atoms with Gasteiger partial charge in [-0.15, -0.1) is 0 Å². The predicted octanol–water partition coefficient (Wildman–Crippen LogP) is 1.96. The SMILES string of the molecule is CNc1cccc2c1CC(=O)C(C(=O)OCc1ccncc1N)=C2. The highest BCUT2D eigenvalue weighted by Gasteiger charge is 2.26. The molecule has 0 bridgehead atoms. The van der Waals surface area contributed by atoms with E-state index in [-0.39, 0.29) is 24.4 Å². The third kappa shape index (κ3) is 2.99. The average Bonchev–Trinajstić information content (AvgIpc) is 2.59. The summed E-state index contributed by atoms with van der Waals surface area (Å²) in [5, 5.41) is 3.06. The molecular formula is C18H17N3O3. The van der Waals surface area contributed by atoms with Crippen LogP contribution >= 0.6 is 0 Å². The number of aromatic nitrogens is 1. The van der Waals surface area contributed by atoms with Crippen LogP contribution in [-0.4, -0.2) is 23.8 Å². The Morgan fingerprint density at radius 1 is 1.38 bits per heavy atom. The molecular weight excluding hydrogens is 306 g/mol. The van der Waals surface area contributed by atoms with Crippen molar-refractivity contribution in [3.63, 3.8) is 0 Å². The van der Waals surface area contributed by atoms with Crippen LogP contribution in [0.4, 0.5) is 11.4 Å². The van der Waals surface area contributed by atoms with Gasteiger partial charge in [0.15, 0.2) is 5.78 Å². The number of nitrogens with two attached hydrogens (primary N) is 1. The summed E-state index contributed by atoms with van der Waals surface area (Å²) in [7, 11) is 1.80. The van der Waals surface area contributed by atoms with Gasteiger partial charge in [-0.1, -0.05) is 12.1 Å². The average molecular weight is 323 g/mol. The molecule has 6 heteroatoms. The molecule has 3 rings (SSSR count). The van der Waals surface area contributed by atoms with E-state index < -0.39 is 5.97 Å². The normalized spacial score (nSPS) is 13.0. The van der Waals surface area contributed by atoms with E-state index in [0.29, 0.717) is 11.3 Å². The summed E-state index contributed by atoms with van der Waals surface area (Å²) >= 11 is 0. The number of anilines is 2. The summed E-state index contributed by atoms with van der Waals surface area (Å²) in [4.78, 5) is 28.5. The number of nitrogens with zero attached hydrogens (tertiary/aromatic N) is 1. The highest BCUT2D eigenvalue weighted by Crippen LogP contribution is 2.28. The molecule has 0 unspecified atom stereocenters. The van der Waals surface area contributed by atoms with Gasteiger partial charge >= 0.3 is 5.97 Å². The van der Waals surface area contributed by atoms with Gasteiger partial charge in [0.05, 0.1) is 11.9 Å². The van der Waals surface area contributed by atoms with Crippen molar-refractivity contribution in [1.29, 1.82) is 0 Å². The highest BCUT2D eigenvalue weighted by atomic mass is 16.5. The fraction of sp³-hybridized carbons (Fsp3) is 0.167. The van der Waals surface area contributed by atoms with Crippen LogP contribution in [0.25, 0.3) is 6.08 Å². The first-order valence-corrected chi connectivity index (χ1v) is 7.50. The molecule has 0 amide bonds. The minimum atomic E-state index is -0.642. The first kappa shape index (κ1) is 15.7. The molecule has 6 nitrogen and oxygen atoms in total. The molecule has 1 aromatic heterocycles. The molecule has 0 spiro atoms. The molecule has 0 radical (unpaired) electrons. The number of ether oxygens (including phenoxy) is 1. The maximum absolute atomic E-state index is 12.3. The Balaban J connectivity index is 1.81. The number of fused-ring (bicyclic) bond motifs is 1. The molecule has 3 N–H and O–H groups in total. The number of rotatable bonds is 4. The molecule has 0 aliphatic heterocycles. The Labute approximate surface area is 139 Å². The fourth-order valence-electron chi connectivity index (χ4n) is 2.62. The van der Waals surface area contributed by atoms with Crippen molar-refractivity contribution in [2.75, 3.05) is 18.1 Å². The molecule has 122 valence electrons. The minimum absolute atomic E-state index is 0.00121. The van der Waals surface area contributed by atoms with Crippen molar-refractivity contribution >= 4 is 29.2 Å². The van der Waals surface area contributed by atoms with Crippen LogP contribution in [-0.2, 0) is 27.4 Å². The van der Waals surface area contributed by atoms with Gasteiger partial charge in [-0.3, -0.25) is 9.78 Å². The van der Waals surface area contributed by atoms with Gasteiger partial charge in [0.2, 0.25) is 0 Å². The Bertz CT molecular complexity index is 843. The zero-order valence-electron chi connectivity index (χ0n) is 13.2. The molecule has 0 fully saturated rings. The highest BCUT2D eigenvalue weighted by molar-refractivity contribution is 6.23. The Morgan fingerprint density at radius 3 is 2.96 bits per heavy atom. The number of carbonyl (C=O) groups is 2. The molecule has 0 saturated heterocycles. The van der Waals surface area contributed by atoms with Gasteiger partial charge < -0.3 is 15.8 Å². The van der Waals surface area contributed by atoms with E-state index in [1.807, 2.05) is 18.2 Å². The number of benzene rings is 1. The lowest BCUT2D eigenvalue weighted by atomic mass is 9.90. The van der Waals surface area contributed by atoms with Gasteiger partial charge in [-0.05, 0) is 29.3 Å². The second kappa shape index (κ2) is 6.54. The van der Waals surface area contributed by atoms with E-state index in [9.17, 15) is 9.59 Å². The van der Waals surface area contributed by atoms with Crippen molar-refractivity contribution in [2.24, 2.45) is 0 Å². The Morgan fingerprint density at radius 2 is 2.21 bits per heavy atom. The van der Waals surface area contributed by atoms with Crippen molar-refractivity contribution in [3.05, 3.63) is 58.9 Å². The van der Waals surface area contributed by atoms with Gasteiger partial charge in [0, 0.05) is 30.9 Å². The summed E-state index contributed by atoms with van der Waals surface area (Å²) in [5.41, 5.74) is 9.54. The van der Waals surface area contributed by atoms with Crippen LogP contribution < -0.4 is 11.1 Å². The third-order valence-corrected chi connectivity index (χ3v) is 3.94. The number of nitrogen functional groups attached to an aromatic ring is 1. The van der Waals surface area contributed by atoms with Crippen LogP contribution in [0.5, 0.6) is 0 Å². The minimum Gasteiger partial charge on any atom is -0.457 e. The van der Waals surface area contributed by atoms with Crippen LogP contribution in [0.15, 0.2) is 42.2 Å². The number of esters is 1. The van der Waals surface area contributed by atoms with E-state index in [4.69, 9.17) is 10.5 Å². The molecule has 1 aromatic carbocycles. The van der Waals surface area contributed by atoms with E-state index in [2.05, 4.69) is 10.3 Å². The molecule has 1 aliphatic carbocycles. The fourth-order valence-corrected chi connectivity index (χ4v) is 2.62. The lowest BCUT2D eigenvalue weighted by Gasteiger charge is -2.18.